The third-order valence-corrected chi connectivity index (χ3v) is 3.54. The van der Waals surface area contributed by atoms with Gasteiger partial charge in [-0.3, -0.25) is 0 Å². The van der Waals surface area contributed by atoms with E-state index in [9.17, 15) is 4.39 Å². The third-order valence-electron chi connectivity index (χ3n) is 3.54. The van der Waals surface area contributed by atoms with Gasteiger partial charge < -0.3 is 4.42 Å². The predicted octanol–water partition coefficient (Wildman–Crippen LogP) is 3.88. The molecule has 5 heteroatoms. The Morgan fingerprint density at radius 2 is 1.95 bits per heavy atom. The Balaban J connectivity index is 1.87. The maximum atomic E-state index is 13.9. The van der Waals surface area contributed by atoms with Gasteiger partial charge in [0.15, 0.2) is 11.4 Å². The first-order valence-corrected chi connectivity index (χ1v) is 6.92. The average molecular weight is 293 g/mol. The van der Waals surface area contributed by atoms with Gasteiger partial charge in [-0.1, -0.05) is 18.2 Å². The van der Waals surface area contributed by atoms with E-state index >= 15 is 0 Å². The van der Waals surface area contributed by atoms with Crippen LogP contribution in [0.3, 0.4) is 0 Å². The van der Waals surface area contributed by atoms with Gasteiger partial charge in [-0.05, 0) is 30.3 Å². The highest BCUT2D eigenvalue weighted by molar-refractivity contribution is 5.89. The Bertz CT molecular complexity index is 928. The highest BCUT2D eigenvalue weighted by Crippen LogP contribution is 2.27. The Hall–Kier alpha value is -2.95. The summed E-state index contributed by atoms with van der Waals surface area (Å²) in [5, 5.41) is 5.45. The number of pyridine rings is 1. The maximum absolute atomic E-state index is 13.9. The summed E-state index contributed by atoms with van der Waals surface area (Å²) in [5.41, 5.74) is 1.99. The van der Waals surface area contributed by atoms with Crippen LogP contribution in [0.1, 0.15) is 5.56 Å². The zero-order valence-electron chi connectivity index (χ0n) is 11.6. The second-order valence-corrected chi connectivity index (χ2v) is 4.95. The summed E-state index contributed by atoms with van der Waals surface area (Å²) < 4.78 is 21.0. The average Bonchev–Trinajstić information content (AvgIpc) is 3.18. The predicted molar refractivity (Wildman–Crippen MR) is 80.7 cm³/mol. The Labute approximate surface area is 125 Å². The molecule has 3 heterocycles. The third kappa shape index (κ3) is 2.07. The minimum Gasteiger partial charge on any atom is -0.463 e. The molecule has 0 unspecified atom stereocenters. The van der Waals surface area contributed by atoms with Gasteiger partial charge in [0.2, 0.25) is 0 Å². The molecule has 0 aliphatic rings. The highest BCUT2D eigenvalue weighted by Gasteiger charge is 2.15. The van der Waals surface area contributed by atoms with Crippen molar-refractivity contribution in [1.82, 2.24) is 14.8 Å². The first-order valence-electron chi connectivity index (χ1n) is 6.92. The van der Waals surface area contributed by atoms with E-state index in [1.54, 1.807) is 29.3 Å². The molecule has 4 aromatic rings. The SMILES string of the molecule is Fc1ccccc1Cn1nc(-c2ccco2)c2cccnc21. The number of benzene rings is 1. The molecular formula is C17H12FN3O. The van der Waals surface area contributed by atoms with Crippen molar-refractivity contribution in [3.8, 4) is 11.5 Å². The zero-order chi connectivity index (χ0) is 14.9. The largest absolute Gasteiger partial charge is 0.463 e. The zero-order valence-corrected chi connectivity index (χ0v) is 11.6. The number of hydrogen-bond donors (Lipinski definition) is 0. The van der Waals surface area contributed by atoms with Crippen molar-refractivity contribution in [3.05, 3.63) is 72.4 Å². The van der Waals surface area contributed by atoms with Crippen molar-refractivity contribution in [2.24, 2.45) is 0 Å². The number of nitrogens with zero attached hydrogens (tertiary/aromatic N) is 3. The number of furan rings is 1. The fourth-order valence-corrected chi connectivity index (χ4v) is 2.50. The van der Waals surface area contributed by atoms with E-state index in [0.29, 0.717) is 29.2 Å². The number of halogens is 1. The van der Waals surface area contributed by atoms with Crippen molar-refractivity contribution >= 4 is 11.0 Å². The van der Waals surface area contributed by atoms with Crippen LogP contribution in [0.5, 0.6) is 0 Å². The summed E-state index contributed by atoms with van der Waals surface area (Å²) in [7, 11) is 0. The summed E-state index contributed by atoms with van der Waals surface area (Å²) in [6, 6.07) is 14.1. The van der Waals surface area contributed by atoms with E-state index in [1.807, 2.05) is 30.3 Å². The molecule has 1 aromatic carbocycles. The molecule has 0 aliphatic heterocycles. The highest BCUT2D eigenvalue weighted by atomic mass is 19.1. The molecule has 4 rings (SSSR count). The van der Waals surface area contributed by atoms with Gasteiger partial charge in [0.25, 0.3) is 0 Å². The summed E-state index contributed by atoms with van der Waals surface area (Å²) in [5.74, 6) is 0.423. The molecule has 0 spiro atoms. The standard InChI is InChI=1S/C17H12FN3O/c18-14-7-2-1-5-12(14)11-21-17-13(6-3-9-19-17)16(20-21)15-8-4-10-22-15/h1-10H,11H2. The molecule has 108 valence electrons. The molecule has 22 heavy (non-hydrogen) atoms. The van der Waals surface area contributed by atoms with Gasteiger partial charge >= 0.3 is 0 Å². The van der Waals surface area contributed by atoms with Crippen molar-refractivity contribution in [1.29, 1.82) is 0 Å². The van der Waals surface area contributed by atoms with E-state index in [2.05, 4.69) is 10.1 Å². The van der Waals surface area contributed by atoms with Crippen LogP contribution in [0.15, 0.2) is 65.4 Å². The fourth-order valence-electron chi connectivity index (χ4n) is 2.50. The first kappa shape index (κ1) is 12.8. The van der Waals surface area contributed by atoms with Crippen LogP contribution in [0, 0.1) is 5.82 Å². The molecular weight excluding hydrogens is 281 g/mol. The molecule has 3 aromatic heterocycles. The summed E-state index contributed by atoms with van der Waals surface area (Å²) in [4.78, 5) is 4.37. The molecule has 0 amide bonds. The molecule has 0 atom stereocenters. The van der Waals surface area contributed by atoms with Crippen molar-refractivity contribution in [3.63, 3.8) is 0 Å². The van der Waals surface area contributed by atoms with Gasteiger partial charge in [-0.25, -0.2) is 14.1 Å². The van der Waals surface area contributed by atoms with Crippen LogP contribution in [0.2, 0.25) is 0 Å². The van der Waals surface area contributed by atoms with Gasteiger partial charge in [-0.2, -0.15) is 5.10 Å². The van der Waals surface area contributed by atoms with Crippen molar-refractivity contribution < 1.29 is 8.81 Å². The second kappa shape index (κ2) is 5.11. The van der Waals surface area contributed by atoms with Gasteiger partial charge in [0.1, 0.15) is 11.5 Å². The van der Waals surface area contributed by atoms with Crippen molar-refractivity contribution in [2.75, 3.05) is 0 Å². The summed E-state index contributed by atoms with van der Waals surface area (Å²) >= 11 is 0. The quantitative estimate of drug-likeness (QED) is 0.576. The first-order chi connectivity index (χ1) is 10.8. The van der Waals surface area contributed by atoms with E-state index < -0.39 is 0 Å². The van der Waals surface area contributed by atoms with Crippen LogP contribution in [-0.2, 0) is 6.54 Å². The van der Waals surface area contributed by atoms with Gasteiger partial charge in [0.05, 0.1) is 18.2 Å². The molecule has 0 bridgehead atoms. The molecule has 0 aliphatic carbocycles. The van der Waals surface area contributed by atoms with E-state index in [-0.39, 0.29) is 5.82 Å². The van der Waals surface area contributed by atoms with Crippen LogP contribution in [-0.4, -0.2) is 14.8 Å². The lowest BCUT2D eigenvalue weighted by Crippen LogP contribution is -2.04. The Morgan fingerprint density at radius 1 is 1.05 bits per heavy atom. The second-order valence-electron chi connectivity index (χ2n) is 4.95. The number of fused-ring (bicyclic) bond motifs is 1. The summed E-state index contributed by atoms with van der Waals surface area (Å²) in [6.07, 6.45) is 3.31. The van der Waals surface area contributed by atoms with Crippen LogP contribution in [0.4, 0.5) is 4.39 Å². The minimum absolute atomic E-state index is 0.248. The normalized spacial score (nSPS) is 11.1. The molecule has 0 N–H and O–H groups in total. The molecule has 4 nitrogen and oxygen atoms in total. The lowest BCUT2D eigenvalue weighted by atomic mass is 10.2. The maximum Gasteiger partial charge on any atom is 0.158 e. The molecule has 0 saturated heterocycles. The van der Waals surface area contributed by atoms with Crippen LogP contribution in [0.25, 0.3) is 22.5 Å². The van der Waals surface area contributed by atoms with E-state index in [0.717, 1.165) is 5.39 Å². The van der Waals surface area contributed by atoms with Gasteiger partial charge in [0, 0.05) is 11.8 Å². The Kier molecular flexibility index (Phi) is 2.96. The topological polar surface area (TPSA) is 43.9 Å². The lowest BCUT2D eigenvalue weighted by Gasteiger charge is -2.04. The monoisotopic (exact) mass is 293 g/mol. The van der Waals surface area contributed by atoms with E-state index in [4.69, 9.17) is 4.42 Å². The minimum atomic E-state index is -0.248. The molecule has 0 saturated carbocycles. The smallest absolute Gasteiger partial charge is 0.158 e. The van der Waals surface area contributed by atoms with E-state index in [1.165, 1.54) is 6.07 Å². The van der Waals surface area contributed by atoms with Gasteiger partial charge in [-0.15, -0.1) is 0 Å². The van der Waals surface area contributed by atoms with Crippen LogP contribution >= 0.6 is 0 Å². The number of rotatable bonds is 3. The fraction of sp³-hybridized carbons (Fsp3) is 0.0588. The number of aromatic nitrogens is 3. The summed E-state index contributed by atoms with van der Waals surface area (Å²) in [6.45, 7) is 0.320. The molecule has 0 fully saturated rings. The Morgan fingerprint density at radius 3 is 2.77 bits per heavy atom. The van der Waals surface area contributed by atoms with Crippen molar-refractivity contribution in [2.45, 2.75) is 6.54 Å². The number of hydrogen-bond acceptors (Lipinski definition) is 3. The lowest BCUT2D eigenvalue weighted by molar-refractivity contribution is 0.573. The van der Waals surface area contributed by atoms with Crippen LogP contribution < -0.4 is 0 Å². The molecule has 0 radical (unpaired) electrons.